The molecule has 1 saturated heterocycles. The van der Waals surface area contributed by atoms with Gasteiger partial charge in [0.05, 0.1) is 0 Å². The fourth-order valence-electron chi connectivity index (χ4n) is 1.61. The minimum absolute atomic E-state index is 0.151. The summed E-state index contributed by atoms with van der Waals surface area (Å²) in [7, 11) is 0. The maximum atomic E-state index is 11.9. The van der Waals surface area contributed by atoms with Gasteiger partial charge in [-0.15, -0.1) is 0 Å². The molecule has 1 aromatic rings. The number of aromatic nitrogens is 1. The van der Waals surface area contributed by atoms with Gasteiger partial charge < -0.3 is 11.1 Å². The zero-order chi connectivity index (χ0) is 13.0. The Morgan fingerprint density at radius 3 is 3.06 bits per heavy atom. The van der Waals surface area contributed by atoms with Crippen LogP contribution in [0.1, 0.15) is 10.4 Å². The molecule has 1 aromatic heterocycles. The van der Waals surface area contributed by atoms with Gasteiger partial charge in [0, 0.05) is 34.6 Å². The van der Waals surface area contributed by atoms with Crippen LogP contribution >= 0.6 is 35.1 Å². The van der Waals surface area contributed by atoms with Gasteiger partial charge in [0.1, 0.15) is 11.0 Å². The Morgan fingerprint density at radius 2 is 2.39 bits per heavy atom. The molecule has 7 heteroatoms. The molecule has 18 heavy (non-hydrogen) atoms. The van der Waals surface area contributed by atoms with E-state index < -0.39 is 0 Å². The number of nitrogen functional groups attached to an aromatic ring is 1. The topological polar surface area (TPSA) is 68.0 Å². The molecule has 1 unspecified atom stereocenters. The standard InChI is InChI=1S/C11H14ClN3OS2/c12-9-3-7(4-10(13)15-9)11(16)14-5-8-6-17-1-2-18-8/h3-4,8H,1-2,5-6H2,(H2,13,15)(H,14,16). The third-order valence-corrected chi connectivity index (χ3v) is 5.49. The minimum Gasteiger partial charge on any atom is -0.384 e. The summed E-state index contributed by atoms with van der Waals surface area (Å²) >= 11 is 9.60. The van der Waals surface area contributed by atoms with E-state index in [0.717, 1.165) is 11.5 Å². The molecule has 2 heterocycles. The average Bonchev–Trinajstić information content (AvgIpc) is 2.36. The zero-order valence-electron chi connectivity index (χ0n) is 9.69. The molecule has 0 aromatic carbocycles. The number of halogens is 1. The number of nitrogens with one attached hydrogen (secondary N) is 1. The molecule has 0 saturated carbocycles. The lowest BCUT2D eigenvalue weighted by molar-refractivity contribution is 0.0954. The van der Waals surface area contributed by atoms with Gasteiger partial charge in [0.15, 0.2) is 0 Å². The smallest absolute Gasteiger partial charge is 0.251 e. The van der Waals surface area contributed by atoms with Crippen molar-refractivity contribution in [2.75, 3.05) is 29.5 Å². The maximum absolute atomic E-state index is 11.9. The molecule has 1 fully saturated rings. The first-order valence-electron chi connectivity index (χ1n) is 5.56. The SMILES string of the molecule is Nc1cc(C(=O)NCC2CSCCS2)cc(Cl)n1. The van der Waals surface area contributed by atoms with Gasteiger partial charge in [-0.1, -0.05) is 11.6 Å². The average molecular weight is 304 g/mol. The van der Waals surface area contributed by atoms with Crippen LogP contribution < -0.4 is 11.1 Å². The lowest BCUT2D eigenvalue weighted by Crippen LogP contribution is -2.33. The molecule has 0 radical (unpaired) electrons. The number of nitrogens with zero attached hydrogens (tertiary/aromatic N) is 1. The molecule has 3 N–H and O–H groups in total. The summed E-state index contributed by atoms with van der Waals surface area (Å²) in [5, 5.41) is 3.63. The monoisotopic (exact) mass is 303 g/mol. The first-order valence-corrected chi connectivity index (χ1v) is 8.14. The summed E-state index contributed by atoms with van der Waals surface area (Å²) in [6.45, 7) is 0.677. The van der Waals surface area contributed by atoms with Gasteiger partial charge in [-0.3, -0.25) is 4.79 Å². The second kappa shape index (κ2) is 6.54. The number of hydrogen-bond donors (Lipinski definition) is 2. The predicted molar refractivity (Wildman–Crippen MR) is 79.6 cm³/mol. The number of thioether (sulfide) groups is 2. The highest BCUT2D eigenvalue weighted by molar-refractivity contribution is 8.06. The van der Waals surface area contributed by atoms with Gasteiger partial charge in [0.25, 0.3) is 5.91 Å². The summed E-state index contributed by atoms with van der Waals surface area (Å²) in [6, 6.07) is 3.06. The first-order chi connectivity index (χ1) is 8.65. The van der Waals surface area contributed by atoms with Gasteiger partial charge in [0.2, 0.25) is 0 Å². The number of carbonyl (C=O) groups is 1. The van der Waals surface area contributed by atoms with E-state index in [1.807, 2.05) is 23.5 Å². The highest BCUT2D eigenvalue weighted by Crippen LogP contribution is 2.23. The van der Waals surface area contributed by atoms with Crippen molar-refractivity contribution in [1.82, 2.24) is 10.3 Å². The Bertz CT molecular complexity index is 418. The molecule has 2 rings (SSSR count). The van der Waals surface area contributed by atoms with Crippen molar-refractivity contribution >= 4 is 46.8 Å². The molecular weight excluding hydrogens is 290 g/mol. The van der Waals surface area contributed by atoms with Crippen LogP contribution in [-0.4, -0.2) is 39.9 Å². The summed E-state index contributed by atoms with van der Waals surface area (Å²) < 4.78 is 0. The Morgan fingerprint density at radius 1 is 1.56 bits per heavy atom. The highest BCUT2D eigenvalue weighted by Gasteiger charge is 2.16. The Kier molecular flexibility index (Phi) is 5.03. The first kappa shape index (κ1) is 13.8. The lowest BCUT2D eigenvalue weighted by atomic mass is 10.2. The Labute approximate surface area is 119 Å². The summed E-state index contributed by atoms with van der Waals surface area (Å²) in [6.07, 6.45) is 0. The number of rotatable bonds is 3. The fourth-order valence-corrected chi connectivity index (χ4v) is 4.44. The van der Waals surface area contributed by atoms with Crippen molar-refractivity contribution in [3.63, 3.8) is 0 Å². The van der Waals surface area contributed by atoms with Crippen LogP contribution in [0.15, 0.2) is 12.1 Å². The molecule has 1 atom stereocenters. The Balaban J connectivity index is 1.90. The van der Waals surface area contributed by atoms with Gasteiger partial charge in [-0.05, 0) is 12.1 Å². The minimum atomic E-state index is -0.151. The van der Waals surface area contributed by atoms with E-state index in [2.05, 4.69) is 10.3 Å². The zero-order valence-corrected chi connectivity index (χ0v) is 12.1. The van der Waals surface area contributed by atoms with Crippen LogP contribution in [0.25, 0.3) is 0 Å². The number of hydrogen-bond acceptors (Lipinski definition) is 5. The van der Waals surface area contributed by atoms with E-state index in [4.69, 9.17) is 17.3 Å². The van der Waals surface area contributed by atoms with Crippen LogP contribution in [0.2, 0.25) is 5.15 Å². The van der Waals surface area contributed by atoms with E-state index in [0.29, 0.717) is 17.4 Å². The molecular formula is C11H14ClN3OS2. The molecule has 1 aliphatic rings. The fraction of sp³-hybridized carbons (Fsp3) is 0.455. The number of amides is 1. The largest absolute Gasteiger partial charge is 0.384 e. The molecule has 0 aliphatic carbocycles. The number of pyridine rings is 1. The maximum Gasteiger partial charge on any atom is 0.251 e. The second-order valence-electron chi connectivity index (χ2n) is 3.88. The van der Waals surface area contributed by atoms with Crippen molar-refractivity contribution in [3.05, 3.63) is 22.8 Å². The van der Waals surface area contributed by atoms with Crippen molar-refractivity contribution in [3.8, 4) is 0 Å². The van der Waals surface area contributed by atoms with Crippen LogP contribution in [0, 0.1) is 0 Å². The van der Waals surface area contributed by atoms with E-state index >= 15 is 0 Å². The van der Waals surface area contributed by atoms with Crippen LogP contribution in [-0.2, 0) is 0 Å². The Hall–Kier alpha value is -0.590. The molecule has 0 spiro atoms. The third-order valence-electron chi connectivity index (χ3n) is 2.45. The number of carbonyl (C=O) groups excluding carboxylic acids is 1. The summed E-state index contributed by atoms with van der Waals surface area (Å²) in [5.41, 5.74) is 6.01. The molecule has 4 nitrogen and oxygen atoms in total. The summed E-state index contributed by atoms with van der Waals surface area (Å²) in [4.78, 5) is 15.7. The van der Waals surface area contributed by atoms with Gasteiger partial charge in [-0.25, -0.2) is 4.98 Å². The van der Waals surface area contributed by atoms with Crippen molar-refractivity contribution in [1.29, 1.82) is 0 Å². The van der Waals surface area contributed by atoms with Crippen LogP contribution in [0.3, 0.4) is 0 Å². The van der Waals surface area contributed by atoms with Crippen molar-refractivity contribution in [2.45, 2.75) is 5.25 Å². The third kappa shape index (κ3) is 3.96. The van der Waals surface area contributed by atoms with Crippen LogP contribution in [0.5, 0.6) is 0 Å². The van der Waals surface area contributed by atoms with E-state index in [1.165, 1.54) is 17.9 Å². The normalized spacial score (nSPS) is 19.5. The number of nitrogens with two attached hydrogens (primary N) is 1. The predicted octanol–water partition coefficient (Wildman–Crippen LogP) is 1.90. The van der Waals surface area contributed by atoms with Gasteiger partial charge in [-0.2, -0.15) is 23.5 Å². The molecule has 0 bridgehead atoms. The second-order valence-corrected chi connectivity index (χ2v) is 6.83. The van der Waals surface area contributed by atoms with E-state index in [9.17, 15) is 4.79 Å². The summed E-state index contributed by atoms with van der Waals surface area (Å²) in [5.74, 6) is 3.55. The number of anilines is 1. The van der Waals surface area contributed by atoms with E-state index in [-0.39, 0.29) is 16.9 Å². The molecule has 1 aliphatic heterocycles. The lowest BCUT2D eigenvalue weighted by Gasteiger charge is -2.21. The highest BCUT2D eigenvalue weighted by atomic mass is 35.5. The van der Waals surface area contributed by atoms with E-state index in [1.54, 1.807) is 0 Å². The quantitative estimate of drug-likeness (QED) is 0.835. The van der Waals surface area contributed by atoms with Crippen LogP contribution in [0.4, 0.5) is 5.82 Å². The van der Waals surface area contributed by atoms with Crippen molar-refractivity contribution in [2.24, 2.45) is 0 Å². The molecule has 1 amide bonds. The van der Waals surface area contributed by atoms with Gasteiger partial charge >= 0.3 is 0 Å². The van der Waals surface area contributed by atoms with Crippen molar-refractivity contribution < 1.29 is 4.79 Å². The molecule has 98 valence electrons.